The maximum Gasteiger partial charge on any atom is 0.411 e. The van der Waals surface area contributed by atoms with Crippen LogP contribution in [0.5, 0.6) is 0 Å². The number of aromatic amines is 1. The molecule has 6 N–H and O–H groups in total. The van der Waals surface area contributed by atoms with Gasteiger partial charge in [0.15, 0.2) is 23.1 Å². The maximum absolute atomic E-state index is 14.7. The number of carbonyl (C=O) groups is 1. The van der Waals surface area contributed by atoms with Crippen LogP contribution in [0.1, 0.15) is 11.1 Å². The molecule has 3 aromatic heterocycles. The SMILES string of the molecule is CN(C(=O)O)c1c(N)nc(-c2[nH]nc3ncc(F)c(Cc4ccccc4F)c23)nc1N. The van der Waals surface area contributed by atoms with Crippen LogP contribution in [0, 0.1) is 11.6 Å². The monoisotopic (exact) mass is 426 g/mol. The Morgan fingerprint density at radius 1 is 1.16 bits per heavy atom. The predicted molar refractivity (Wildman–Crippen MR) is 109 cm³/mol. The molecule has 0 aliphatic heterocycles. The number of hydrogen-bond acceptors (Lipinski definition) is 7. The van der Waals surface area contributed by atoms with Crippen LogP contribution >= 0.6 is 0 Å². The lowest BCUT2D eigenvalue weighted by atomic mass is 10.0. The van der Waals surface area contributed by atoms with Crippen LogP contribution in [0.2, 0.25) is 0 Å². The quantitative estimate of drug-likeness (QED) is 0.387. The van der Waals surface area contributed by atoms with Crippen molar-refractivity contribution in [1.29, 1.82) is 0 Å². The second-order valence-electron chi connectivity index (χ2n) is 6.66. The number of anilines is 3. The van der Waals surface area contributed by atoms with Gasteiger partial charge in [-0.1, -0.05) is 18.2 Å². The number of carboxylic acid groups (broad SMARTS) is 1. The Hall–Kier alpha value is -4.35. The number of H-pyrrole nitrogens is 1. The van der Waals surface area contributed by atoms with Crippen LogP contribution < -0.4 is 16.4 Å². The van der Waals surface area contributed by atoms with Crippen LogP contribution in [-0.2, 0) is 6.42 Å². The summed E-state index contributed by atoms with van der Waals surface area (Å²) in [5, 5.41) is 16.1. The first-order valence-corrected chi connectivity index (χ1v) is 8.92. The molecule has 0 aliphatic rings. The number of fused-ring (bicyclic) bond motifs is 1. The van der Waals surface area contributed by atoms with Gasteiger partial charge < -0.3 is 16.6 Å². The third-order valence-corrected chi connectivity index (χ3v) is 4.75. The number of halogens is 2. The van der Waals surface area contributed by atoms with Crippen molar-refractivity contribution in [3.8, 4) is 11.5 Å². The average Bonchev–Trinajstić information content (AvgIpc) is 3.15. The summed E-state index contributed by atoms with van der Waals surface area (Å²) >= 11 is 0. The number of aromatic nitrogens is 5. The third-order valence-electron chi connectivity index (χ3n) is 4.75. The summed E-state index contributed by atoms with van der Waals surface area (Å²) in [5.74, 6) is -1.59. The minimum atomic E-state index is -1.31. The average molecular weight is 426 g/mol. The van der Waals surface area contributed by atoms with E-state index < -0.39 is 17.7 Å². The van der Waals surface area contributed by atoms with Gasteiger partial charge >= 0.3 is 6.09 Å². The van der Waals surface area contributed by atoms with E-state index in [0.29, 0.717) is 0 Å². The van der Waals surface area contributed by atoms with Crippen molar-refractivity contribution in [2.75, 3.05) is 23.4 Å². The molecule has 0 saturated carbocycles. The number of rotatable bonds is 4. The molecular weight excluding hydrogens is 410 g/mol. The number of nitrogens with two attached hydrogens (primary N) is 2. The second kappa shape index (κ2) is 7.48. The zero-order valence-corrected chi connectivity index (χ0v) is 16.1. The molecule has 10 nitrogen and oxygen atoms in total. The highest BCUT2D eigenvalue weighted by atomic mass is 19.1. The first kappa shape index (κ1) is 19.9. The molecule has 12 heteroatoms. The molecule has 158 valence electrons. The van der Waals surface area contributed by atoms with Gasteiger partial charge in [-0.2, -0.15) is 5.10 Å². The number of amides is 1. The van der Waals surface area contributed by atoms with E-state index in [2.05, 4.69) is 25.1 Å². The largest absolute Gasteiger partial charge is 0.465 e. The number of hydrogen-bond donors (Lipinski definition) is 4. The molecule has 0 saturated heterocycles. The summed E-state index contributed by atoms with van der Waals surface area (Å²) in [5.41, 5.74) is 12.5. The van der Waals surface area contributed by atoms with Gasteiger partial charge in [-0.15, -0.1) is 0 Å². The molecule has 0 fully saturated rings. The van der Waals surface area contributed by atoms with Crippen molar-refractivity contribution < 1.29 is 18.7 Å². The Kier molecular flexibility index (Phi) is 4.81. The van der Waals surface area contributed by atoms with Crippen molar-refractivity contribution in [2.24, 2.45) is 0 Å². The van der Waals surface area contributed by atoms with E-state index in [1.165, 1.54) is 19.2 Å². The standard InChI is InChI=1S/C19H16F2N8O2/c1-29(19(30)31)14-15(22)25-18(26-16(14)23)13-12-9(6-8-4-2-3-5-10(8)20)11(21)7-24-17(12)28-27-13/h2-5,7H,6H2,1H3,(H,30,31)(H,24,27,28)(H4,22,23,25,26). The fourth-order valence-electron chi connectivity index (χ4n) is 3.24. The summed E-state index contributed by atoms with van der Waals surface area (Å²) in [7, 11) is 1.24. The number of nitrogens with one attached hydrogen (secondary N) is 1. The van der Waals surface area contributed by atoms with Crippen molar-refractivity contribution in [1.82, 2.24) is 25.1 Å². The van der Waals surface area contributed by atoms with E-state index in [-0.39, 0.29) is 57.4 Å². The topological polar surface area (TPSA) is 160 Å². The molecule has 31 heavy (non-hydrogen) atoms. The first-order valence-electron chi connectivity index (χ1n) is 8.92. The van der Waals surface area contributed by atoms with Gasteiger partial charge in [-0.25, -0.2) is 28.5 Å². The number of pyridine rings is 1. The normalized spacial score (nSPS) is 11.1. The molecule has 0 bridgehead atoms. The Morgan fingerprint density at radius 3 is 2.48 bits per heavy atom. The number of benzene rings is 1. The first-order chi connectivity index (χ1) is 14.8. The van der Waals surface area contributed by atoms with Gasteiger partial charge in [0.1, 0.15) is 23.0 Å². The summed E-state index contributed by atoms with van der Waals surface area (Å²) in [4.78, 5) is 24.2. The molecule has 1 amide bonds. The summed E-state index contributed by atoms with van der Waals surface area (Å²) in [6.45, 7) is 0. The Balaban J connectivity index is 1.89. The Bertz CT molecular complexity index is 1300. The van der Waals surface area contributed by atoms with E-state index in [0.717, 1.165) is 11.1 Å². The summed E-state index contributed by atoms with van der Waals surface area (Å²) in [6.07, 6.45) is -0.382. The fraction of sp³-hybridized carbons (Fsp3) is 0.105. The highest BCUT2D eigenvalue weighted by Gasteiger charge is 2.23. The van der Waals surface area contributed by atoms with Crippen molar-refractivity contribution in [3.05, 3.63) is 53.2 Å². The lowest BCUT2D eigenvalue weighted by molar-refractivity contribution is 0.203. The molecule has 0 aliphatic carbocycles. The maximum atomic E-state index is 14.7. The Morgan fingerprint density at radius 2 is 1.84 bits per heavy atom. The minimum absolute atomic E-state index is 0.0396. The van der Waals surface area contributed by atoms with E-state index in [4.69, 9.17) is 11.5 Å². The lowest BCUT2D eigenvalue weighted by Crippen LogP contribution is -2.26. The van der Waals surface area contributed by atoms with Crippen LogP contribution in [0.25, 0.3) is 22.6 Å². The van der Waals surface area contributed by atoms with Gasteiger partial charge in [0.2, 0.25) is 0 Å². The smallest absolute Gasteiger partial charge is 0.411 e. The van der Waals surface area contributed by atoms with Gasteiger partial charge in [-0.05, 0) is 11.6 Å². The number of nitrogen functional groups attached to an aromatic ring is 2. The van der Waals surface area contributed by atoms with Gasteiger partial charge in [-0.3, -0.25) is 10.00 Å². The van der Waals surface area contributed by atoms with E-state index in [9.17, 15) is 18.7 Å². The second-order valence-corrected chi connectivity index (χ2v) is 6.66. The summed E-state index contributed by atoms with van der Waals surface area (Å²) < 4.78 is 28.9. The molecule has 0 spiro atoms. The van der Waals surface area contributed by atoms with E-state index >= 15 is 0 Å². The van der Waals surface area contributed by atoms with Crippen molar-refractivity contribution in [2.45, 2.75) is 6.42 Å². The number of nitrogens with zero attached hydrogens (tertiary/aromatic N) is 5. The molecule has 0 radical (unpaired) electrons. The highest BCUT2D eigenvalue weighted by Crippen LogP contribution is 2.33. The highest BCUT2D eigenvalue weighted by molar-refractivity contribution is 5.96. The molecule has 0 atom stereocenters. The Labute approximate surface area is 173 Å². The van der Waals surface area contributed by atoms with Crippen molar-refractivity contribution in [3.63, 3.8) is 0 Å². The van der Waals surface area contributed by atoms with Crippen LogP contribution in [-0.4, -0.2) is 43.4 Å². The lowest BCUT2D eigenvalue weighted by Gasteiger charge is -2.17. The van der Waals surface area contributed by atoms with Gasteiger partial charge in [0, 0.05) is 19.0 Å². The molecule has 1 aromatic carbocycles. The van der Waals surface area contributed by atoms with Gasteiger partial charge in [0.05, 0.1) is 11.6 Å². The van der Waals surface area contributed by atoms with Gasteiger partial charge in [0.25, 0.3) is 0 Å². The molecule has 0 unspecified atom stereocenters. The zero-order valence-electron chi connectivity index (χ0n) is 16.1. The predicted octanol–water partition coefficient (Wildman–Crippen LogP) is 2.56. The molecule has 3 heterocycles. The molecular formula is C19H16F2N8O2. The molecule has 4 aromatic rings. The van der Waals surface area contributed by atoms with Crippen LogP contribution in [0.3, 0.4) is 0 Å². The molecule has 4 rings (SSSR count). The summed E-state index contributed by atoms with van der Waals surface area (Å²) in [6, 6.07) is 6.01. The van der Waals surface area contributed by atoms with Crippen LogP contribution in [0.15, 0.2) is 30.5 Å². The van der Waals surface area contributed by atoms with E-state index in [1.807, 2.05) is 0 Å². The third kappa shape index (κ3) is 3.43. The minimum Gasteiger partial charge on any atom is -0.465 e. The van der Waals surface area contributed by atoms with E-state index in [1.54, 1.807) is 12.1 Å². The fourth-order valence-corrected chi connectivity index (χ4v) is 3.24. The van der Waals surface area contributed by atoms with Crippen LogP contribution in [0.4, 0.5) is 30.9 Å². The zero-order chi connectivity index (χ0) is 22.3. The van der Waals surface area contributed by atoms with Crippen molar-refractivity contribution >= 4 is 34.4 Å².